The van der Waals surface area contributed by atoms with Crippen molar-refractivity contribution in [3.8, 4) is 5.75 Å². The molecule has 2 rings (SSSR count). The third-order valence-corrected chi connectivity index (χ3v) is 3.24. The molecule has 100 valence electrons. The SMILES string of the molecule is C[C@@H]1CN(CCOc2ccc(Cl)cc2)C[C@@H](C)O1. The van der Waals surface area contributed by atoms with Crippen LogP contribution in [0.5, 0.6) is 5.75 Å². The van der Waals surface area contributed by atoms with E-state index in [0.29, 0.717) is 18.8 Å². The molecule has 1 heterocycles. The molecular formula is C14H20ClNO2. The average molecular weight is 270 g/mol. The molecule has 1 fully saturated rings. The zero-order valence-corrected chi connectivity index (χ0v) is 11.7. The first kappa shape index (κ1) is 13.7. The van der Waals surface area contributed by atoms with Gasteiger partial charge in [-0.25, -0.2) is 0 Å². The number of ether oxygens (including phenoxy) is 2. The molecule has 1 saturated heterocycles. The molecule has 1 aliphatic heterocycles. The summed E-state index contributed by atoms with van der Waals surface area (Å²) in [6.07, 6.45) is 0.619. The molecule has 3 nitrogen and oxygen atoms in total. The number of halogens is 1. The van der Waals surface area contributed by atoms with Crippen molar-refractivity contribution in [1.82, 2.24) is 4.90 Å². The van der Waals surface area contributed by atoms with Gasteiger partial charge in [0.15, 0.2) is 0 Å². The van der Waals surface area contributed by atoms with Gasteiger partial charge in [0.25, 0.3) is 0 Å². The minimum atomic E-state index is 0.310. The van der Waals surface area contributed by atoms with E-state index in [9.17, 15) is 0 Å². The first-order valence-electron chi connectivity index (χ1n) is 6.39. The van der Waals surface area contributed by atoms with Gasteiger partial charge in [0, 0.05) is 24.7 Å². The zero-order valence-electron chi connectivity index (χ0n) is 10.9. The van der Waals surface area contributed by atoms with Crippen LogP contribution < -0.4 is 4.74 Å². The monoisotopic (exact) mass is 269 g/mol. The number of morpholine rings is 1. The molecule has 4 heteroatoms. The first-order chi connectivity index (χ1) is 8.63. The summed E-state index contributed by atoms with van der Waals surface area (Å²) in [5.74, 6) is 0.869. The van der Waals surface area contributed by atoms with E-state index in [2.05, 4.69) is 18.7 Å². The van der Waals surface area contributed by atoms with E-state index in [0.717, 1.165) is 30.4 Å². The minimum Gasteiger partial charge on any atom is -0.492 e. The van der Waals surface area contributed by atoms with Crippen molar-refractivity contribution >= 4 is 11.6 Å². The largest absolute Gasteiger partial charge is 0.492 e. The van der Waals surface area contributed by atoms with Gasteiger partial charge in [0.05, 0.1) is 12.2 Å². The van der Waals surface area contributed by atoms with E-state index < -0.39 is 0 Å². The van der Waals surface area contributed by atoms with Crippen molar-refractivity contribution in [1.29, 1.82) is 0 Å². The van der Waals surface area contributed by atoms with E-state index in [1.165, 1.54) is 0 Å². The van der Waals surface area contributed by atoms with E-state index in [4.69, 9.17) is 21.1 Å². The Kier molecular flexibility index (Phi) is 4.87. The van der Waals surface area contributed by atoms with E-state index in [1.54, 1.807) is 0 Å². The second-order valence-electron chi connectivity index (χ2n) is 4.82. The van der Waals surface area contributed by atoms with Crippen LogP contribution in [0.2, 0.25) is 5.02 Å². The second-order valence-corrected chi connectivity index (χ2v) is 5.26. The van der Waals surface area contributed by atoms with Crippen LogP contribution in [0.3, 0.4) is 0 Å². The number of rotatable bonds is 4. The summed E-state index contributed by atoms with van der Waals surface area (Å²) < 4.78 is 11.4. The Hall–Kier alpha value is -0.770. The van der Waals surface area contributed by atoms with Crippen molar-refractivity contribution in [3.63, 3.8) is 0 Å². The highest BCUT2D eigenvalue weighted by molar-refractivity contribution is 6.30. The van der Waals surface area contributed by atoms with Crippen molar-refractivity contribution in [2.75, 3.05) is 26.2 Å². The molecular weight excluding hydrogens is 250 g/mol. The van der Waals surface area contributed by atoms with E-state index in [1.807, 2.05) is 24.3 Å². The molecule has 2 atom stereocenters. The van der Waals surface area contributed by atoms with Crippen LogP contribution in [0, 0.1) is 0 Å². The standard InChI is InChI=1S/C14H20ClNO2/c1-11-9-16(10-12(2)18-11)7-8-17-14-5-3-13(15)4-6-14/h3-6,11-12H,7-10H2,1-2H3/t11-,12-/m1/s1. The molecule has 0 aromatic heterocycles. The molecule has 1 aromatic carbocycles. The van der Waals surface area contributed by atoms with Crippen LogP contribution in [0.15, 0.2) is 24.3 Å². The Balaban J connectivity index is 1.73. The van der Waals surface area contributed by atoms with E-state index in [-0.39, 0.29) is 0 Å². The third kappa shape index (κ3) is 4.16. The number of benzene rings is 1. The van der Waals surface area contributed by atoms with Gasteiger partial charge < -0.3 is 9.47 Å². The van der Waals surface area contributed by atoms with Gasteiger partial charge in [-0.1, -0.05) is 11.6 Å². The van der Waals surface area contributed by atoms with Gasteiger partial charge in [0.2, 0.25) is 0 Å². The zero-order chi connectivity index (χ0) is 13.0. The van der Waals surface area contributed by atoms with Gasteiger partial charge in [-0.3, -0.25) is 4.90 Å². The quantitative estimate of drug-likeness (QED) is 0.839. The van der Waals surface area contributed by atoms with Crippen LogP contribution in [0.1, 0.15) is 13.8 Å². The molecule has 0 saturated carbocycles. The lowest BCUT2D eigenvalue weighted by atomic mass is 10.2. The smallest absolute Gasteiger partial charge is 0.119 e. The summed E-state index contributed by atoms with van der Waals surface area (Å²) in [7, 11) is 0. The van der Waals surface area contributed by atoms with Crippen molar-refractivity contribution in [3.05, 3.63) is 29.3 Å². The fourth-order valence-corrected chi connectivity index (χ4v) is 2.42. The van der Waals surface area contributed by atoms with Gasteiger partial charge in [-0.15, -0.1) is 0 Å². The predicted octanol–water partition coefficient (Wildman–Crippen LogP) is 2.83. The lowest BCUT2D eigenvalue weighted by molar-refractivity contribution is -0.0699. The topological polar surface area (TPSA) is 21.7 Å². The predicted molar refractivity (Wildman–Crippen MR) is 73.4 cm³/mol. The van der Waals surface area contributed by atoms with Crippen LogP contribution in [-0.2, 0) is 4.74 Å². The summed E-state index contributed by atoms with van der Waals surface area (Å²) in [4.78, 5) is 2.38. The van der Waals surface area contributed by atoms with Crippen LogP contribution >= 0.6 is 11.6 Å². The Morgan fingerprint density at radius 2 is 1.83 bits per heavy atom. The summed E-state index contributed by atoms with van der Waals surface area (Å²) >= 11 is 5.82. The molecule has 0 unspecified atom stereocenters. The lowest BCUT2D eigenvalue weighted by Gasteiger charge is -2.35. The van der Waals surface area contributed by atoms with Crippen molar-refractivity contribution in [2.24, 2.45) is 0 Å². The fraction of sp³-hybridized carbons (Fsp3) is 0.571. The number of hydrogen-bond donors (Lipinski definition) is 0. The third-order valence-electron chi connectivity index (χ3n) is 2.99. The molecule has 0 bridgehead atoms. The minimum absolute atomic E-state index is 0.310. The molecule has 18 heavy (non-hydrogen) atoms. The highest BCUT2D eigenvalue weighted by Gasteiger charge is 2.21. The van der Waals surface area contributed by atoms with Gasteiger partial charge in [0.1, 0.15) is 12.4 Å². The second kappa shape index (κ2) is 6.41. The Bertz CT molecular complexity index is 359. The Morgan fingerprint density at radius 1 is 1.22 bits per heavy atom. The van der Waals surface area contributed by atoms with Gasteiger partial charge in [-0.05, 0) is 38.1 Å². The van der Waals surface area contributed by atoms with Crippen LogP contribution in [-0.4, -0.2) is 43.3 Å². The summed E-state index contributed by atoms with van der Waals surface area (Å²) in [6.45, 7) is 7.82. The Labute approximate surface area is 114 Å². The molecule has 0 N–H and O–H groups in total. The average Bonchev–Trinajstić information content (AvgIpc) is 2.30. The molecule has 1 aromatic rings. The first-order valence-corrected chi connectivity index (χ1v) is 6.77. The lowest BCUT2D eigenvalue weighted by Crippen LogP contribution is -2.46. The molecule has 0 amide bonds. The van der Waals surface area contributed by atoms with Crippen LogP contribution in [0.25, 0.3) is 0 Å². The summed E-state index contributed by atoms with van der Waals surface area (Å²) in [6, 6.07) is 7.48. The molecule has 0 aliphatic carbocycles. The summed E-state index contributed by atoms with van der Waals surface area (Å²) in [5.41, 5.74) is 0. The van der Waals surface area contributed by atoms with Crippen LogP contribution in [0.4, 0.5) is 0 Å². The van der Waals surface area contributed by atoms with Gasteiger partial charge >= 0.3 is 0 Å². The molecule has 0 radical (unpaired) electrons. The Morgan fingerprint density at radius 3 is 2.44 bits per heavy atom. The maximum atomic E-state index is 5.82. The summed E-state index contributed by atoms with van der Waals surface area (Å²) in [5, 5.41) is 0.734. The highest BCUT2D eigenvalue weighted by Crippen LogP contribution is 2.16. The number of nitrogens with zero attached hydrogens (tertiary/aromatic N) is 1. The fourth-order valence-electron chi connectivity index (χ4n) is 2.29. The normalized spacial score (nSPS) is 25.1. The van der Waals surface area contributed by atoms with E-state index >= 15 is 0 Å². The number of hydrogen-bond acceptors (Lipinski definition) is 3. The maximum absolute atomic E-state index is 5.82. The maximum Gasteiger partial charge on any atom is 0.119 e. The van der Waals surface area contributed by atoms with Crippen molar-refractivity contribution in [2.45, 2.75) is 26.1 Å². The molecule has 1 aliphatic rings. The molecule has 0 spiro atoms. The van der Waals surface area contributed by atoms with Gasteiger partial charge in [-0.2, -0.15) is 0 Å². The van der Waals surface area contributed by atoms with Crippen molar-refractivity contribution < 1.29 is 9.47 Å². The highest BCUT2D eigenvalue weighted by atomic mass is 35.5.